The first-order valence-electron chi connectivity index (χ1n) is 12.6. The van der Waals surface area contributed by atoms with E-state index in [9.17, 15) is 9.59 Å². The highest BCUT2D eigenvalue weighted by atomic mass is 79.9. The third-order valence-corrected chi connectivity index (χ3v) is 8.32. The molecule has 3 aromatic rings. The van der Waals surface area contributed by atoms with Gasteiger partial charge in [-0.15, -0.1) is 0 Å². The van der Waals surface area contributed by atoms with Crippen LogP contribution in [0.5, 0.6) is 0 Å². The molecule has 3 aliphatic rings. The number of ketones is 1. The van der Waals surface area contributed by atoms with Crippen molar-refractivity contribution in [2.24, 2.45) is 5.92 Å². The Morgan fingerprint density at radius 2 is 1.67 bits per heavy atom. The van der Waals surface area contributed by atoms with Crippen LogP contribution in [0.25, 0.3) is 0 Å². The molecule has 2 atom stereocenters. The van der Waals surface area contributed by atoms with Crippen molar-refractivity contribution in [3.05, 3.63) is 94.5 Å². The van der Waals surface area contributed by atoms with Crippen molar-refractivity contribution in [3.8, 4) is 0 Å². The molecule has 3 saturated heterocycles. The van der Waals surface area contributed by atoms with Crippen LogP contribution in [0.15, 0.2) is 83.3 Å². The number of hydrogen-bond donors (Lipinski definition) is 1. The molecule has 6 rings (SSSR count). The van der Waals surface area contributed by atoms with Crippen LogP contribution in [0, 0.1) is 5.92 Å². The summed E-state index contributed by atoms with van der Waals surface area (Å²) in [5, 5.41) is 3.36. The van der Waals surface area contributed by atoms with Gasteiger partial charge in [0.1, 0.15) is 20.9 Å². The van der Waals surface area contributed by atoms with E-state index in [2.05, 4.69) is 21.2 Å². The maximum Gasteiger partial charge on any atom is 0.333 e. The number of carbonyl (C=O) groups is 2. The Hall–Kier alpha value is -2.90. The topological polar surface area (TPSA) is 55.4 Å². The average molecular weight is 546 g/mol. The Kier molecular flexibility index (Phi) is 7.31. The molecule has 0 aromatic heterocycles. The fourth-order valence-electron chi connectivity index (χ4n) is 5.66. The number of esters is 1. The van der Waals surface area contributed by atoms with Crippen molar-refractivity contribution < 1.29 is 18.8 Å². The number of piperidine rings is 3. The summed E-state index contributed by atoms with van der Waals surface area (Å²) in [6, 6.07) is 24.7. The van der Waals surface area contributed by atoms with Crippen LogP contribution in [0.2, 0.25) is 0 Å². The van der Waals surface area contributed by atoms with E-state index >= 15 is 0 Å². The van der Waals surface area contributed by atoms with Crippen LogP contribution in [0.3, 0.4) is 0 Å². The summed E-state index contributed by atoms with van der Waals surface area (Å²) < 4.78 is 7.76. The van der Waals surface area contributed by atoms with E-state index < -0.39 is 6.04 Å². The van der Waals surface area contributed by atoms with Gasteiger partial charge in [-0.1, -0.05) is 88.1 Å². The van der Waals surface area contributed by atoms with Crippen molar-refractivity contribution in [2.45, 2.75) is 25.0 Å². The number of nitrogens with zero attached hydrogens (tertiary/aromatic N) is 1. The molecule has 0 unspecified atom stereocenters. The number of benzene rings is 3. The Labute approximate surface area is 222 Å². The number of rotatable bonds is 8. The van der Waals surface area contributed by atoms with Gasteiger partial charge in [0, 0.05) is 34.5 Å². The van der Waals surface area contributed by atoms with Crippen LogP contribution >= 0.6 is 15.9 Å². The summed E-state index contributed by atoms with van der Waals surface area (Å²) in [5.74, 6) is 0.220. The highest BCUT2D eigenvalue weighted by Gasteiger charge is 2.49. The Morgan fingerprint density at radius 1 is 1.00 bits per heavy atom. The molecule has 7 heteroatoms. The van der Waals surface area contributed by atoms with Crippen molar-refractivity contribution in [3.63, 3.8) is 0 Å². The van der Waals surface area contributed by atoms with Gasteiger partial charge < -0.3 is 14.5 Å². The lowest BCUT2D eigenvalue weighted by Crippen LogP contribution is -2.65. The smallest absolute Gasteiger partial charge is 0.333 e. The Morgan fingerprint density at radius 3 is 2.33 bits per heavy atom. The van der Waals surface area contributed by atoms with Gasteiger partial charge in [0.25, 0.3) is 0 Å². The number of carbonyl (C=O) groups excluding carboxylic acids is 2. The number of anilines is 1. The first-order valence-corrected chi connectivity index (χ1v) is 13.4. The summed E-state index contributed by atoms with van der Waals surface area (Å²) in [6.07, 6.45) is 1.77. The van der Waals surface area contributed by atoms with Gasteiger partial charge in [0.05, 0.1) is 13.1 Å². The highest BCUT2D eigenvalue weighted by Crippen LogP contribution is 2.37. The number of fused-ring (bicyclic) bond motifs is 3. The molecule has 1 N–H and O–H groups in total. The largest absolute Gasteiger partial charge is 0.454 e. The van der Waals surface area contributed by atoms with Crippen molar-refractivity contribution in [1.82, 2.24) is 0 Å². The first-order chi connectivity index (χ1) is 17.4. The van der Waals surface area contributed by atoms with E-state index in [1.54, 1.807) is 0 Å². The zero-order valence-electron chi connectivity index (χ0n) is 20.5. The minimum atomic E-state index is -0.595. The molecule has 0 aliphatic carbocycles. The molecule has 3 fully saturated rings. The van der Waals surface area contributed by atoms with Gasteiger partial charge in [-0.2, -0.15) is 0 Å². The number of nitrogens with one attached hydrogen (secondary N) is 1. The Balaban J connectivity index is 1.31. The molecular weight excluding hydrogens is 515 g/mol. The minimum absolute atomic E-state index is 0.139. The van der Waals surface area contributed by atoms with E-state index in [1.807, 2.05) is 86.7 Å². The number of ether oxygens (including phenoxy) is 1. The molecule has 36 heavy (non-hydrogen) atoms. The van der Waals surface area contributed by atoms with Gasteiger partial charge in [0.2, 0.25) is 5.78 Å². The monoisotopic (exact) mass is 545 g/mol. The molecule has 0 saturated carbocycles. The van der Waals surface area contributed by atoms with Crippen molar-refractivity contribution >= 4 is 46.7 Å². The molecule has 184 valence electrons. The number of quaternary nitrogens is 1. The molecule has 3 aromatic carbocycles. The van der Waals surface area contributed by atoms with Crippen molar-refractivity contribution in [1.29, 1.82) is 0 Å². The van der Waals surface area contributed by atoms with Crippen LogP contribution < -0.4 is 10.8 Å². The molecule has 0 spiro atoms. The predicted octanol–water partition coefficient (Wildman–Crippen LogP) is 3.90. The zero-order valence-corrected chi connectivity index (χ0v) is 22.1. The fourth-order valence-corrected chi connectivity index (χ4v) is 6.37. The lowest BCUT2D eigenvalue weighted by atomic mass is 9.82. The highest BCUT2D eigenvalue weighted by molar-refractivity contribution is 9.10. The quantitative estimate of drug-likeness (QED) is 0.202. The summed E-state index contributed by atoms with van der Waals surface area (Å²) in [6.45, 7) is 3.04. The van der Waals surface area contributed by atoms with E-state index in [0.29, 0.717) is 23.5 Å². The third-order valence-electron chi connectivity index (χ3n) is 7.67. The summed E-state index contributed by atoms with van der Waals surface area (Å²) in [4.78, 5) is 26.8. The molecule has 3 aliphatic heterocycles. The summed E-state index contributed by atoms with van der Waals surface area (Å²) in [7, 11) is 2.02. The number of Topliss-reactive ketones (excluding diaryl/α,β-unsaturated/α-hetero) is 1. The van der Waals surface area contributed by atoms with Gasteiger partial charge in [-0.25, -0.2) is 4.79 Å². The van der Waals surface area contributed by atoms with Crippen LogP contribution in [0.1, 0.15) is 34.8 Å². The molecule has 5 nitrogen and oxygen atoms in total. The zero-order chi connectivity index (χ0) is 25.1. The van der Waals surface area contributed by atoms with E-state index in [0.717, 1.165) is 52.7 Å². The number of hydrogen-bond acceptors (Lipinski definition) is 4. The minimum Gasteiger partial charge on any atom is -0.454 e. The van der Waals surface area contributed by atoms with Gasteiger partial charge in [-0.05, 0) is 17.7 Å². The van der Waals surface area contributed by atoms with E-state index in [-0.39, 0.29) is 17.9 Å². The molecule has 3 heterocycles. The van der Waals surface area contributed by atoms with Gasteiger partial charge >= 0.3 is 5.97 Å². The lowest BCUT2D eigenvalue weighted by molar-refractivity contribution is -0.938. The maximum atomic E-state index is 13.6. The van der Waals surface area contributed by atoms with Crippen LogP contribution in [-0.2, 0) is 9.53 Å². The molecular formula is C29H31BBrN2O3+. The second-order valence-electron chi connectivity index (χ2n) is 10.2. The predicted molar refractivity (Wildman–Crippen MR) is 148 cm³/mol. The molecule has 0 radical (unpaired) electrons. The third kappa shape index (κ3) is 5.42. The maximum absolute atomic E-state index is 13.6. The first kappa shape index (κ1) is 24.8. The molecule has 2 bridgehead atoms. The Bertz CT molecular complexity index is 1230. The van der Waals surface area contributed by atoms with E-state index in [1.165, 1.54) is 0 Å². The number of halogens is 1. The van der Waals surface area contributed by atoms with Crippen molar-refractivity contribution in [2.75, 3.05) is 31.5 Å². The summed E-state index contributed by atoms with van der Waals surface area (Å²) in [5.41, 5.74) is 3.59. The second-order valence-corrected chi connectivity index (χ2v) is 11.1. The fraction of sp³-hybridized carbons (Fsp3) is 0.310. The van der Waals surface area contributed by atoms with Crippen LogP contribution in [0.4, 0.5) is 5.69 Å². The van der Waals surface area contributed by atoms with Crippen LogP contribution in [-0.4, -0.2) is 56.4 Å². The molecule has 0 amide bonds. The SMILES string of the molecule is Bc1ccc(C(=O)C[N+]23CCC(CC2)[C@@H](OC(=O)[C@H](Nc2ccccc2)c2ccccc2)C3)c(Br)c1. The second kappa shape index (κ2) is 10.6. The van der Waals surface area contributed by atoms with Gasteiger partial charge in [0.15, 0.2) is 12.1 Å². The van der Waals surface area contributed by atoms with E-state index in [4.69, 9.17) is 4.74 Å². The average Bonchev–Trinajstić information content (AvgIpc) is 2.88. The normalized spacial score (nSPS) is 23.6. The lowest BCUT2D eigenvalue weighted by Gasteiger charge is -2.51. The number of para-hydroxylation sites is 1. The van der Waals surface area contributed by atoms with Gasteiger partial charge in [-0.3, -0.25) is 4.79 Å². The standard InChI is InChI=1S/C29H31BBrN2O3/c30-22-11-12-24(25(31)17-22)26(34)18-33-15-13-20(14-16-33)27(19-33)36-29(35)28(21-7-3-1-4-8-21)32-23-9-5-2-6-10-23/h1-12,17,20,27-28,32H,13-16,18-19,30H2/q+1/t20?,27-,28+,33?/m0/s1. The summed E-state index contributed by atoms with van der Waals surface area (Å²) >= 11 is 3.57.